The molecule has 0 aliphatic heterocycles. The lowest BCUT2D eigenvalue weighted by Crippen LogP contribution is -2.21. The Hall–Kier alpha value is 0.110. The third kappa shape index (κ3) is 2.19. The van der Waals surface area contributed by atoms with E-state index in [1.54, 1.807) is 11.3 Å². The highest BCUT2D eigenvalue weighted by Gasteiger charge is 2.33. The molecule has 2 rings (SSSR count). The van der Waals surface area contributed by atoms with Gasteiger partial charge in [-0.1, -0.05) is 28.8 Å². The minimum Gasteiger partial charge on any atom is -0.247 e. The van der Waals surface area contributed by atoms with E-state index in [1.807, 2.05) is 0 Å². The molecule has 0 atom stereocenters. The smallest absolute Gasteiger partial charge is 0.0897 e. The maximum absolute atomic E-state index is 4.56. The van der Waals surface area contributed by atoms with Crippen LogP contribution in [-0.2, 0) is 6.42 Å². The fraction of sp³-hybridized carbons (Fsp3) is 0.727. The van der Waals surface area contributed by atoms with Crippen LogP contribution in [0.15, 0.2) is 5.38 Å². The number of aryl methyl sites for hydroxylation is 1. The van der Waals surface area contributed by atoms with Gasteiger partial charge in [0, 0.05) is 10.7 Å². The molecule has 1 aromatic rings. The first-order chi connectivity index (χ1) is 6.74. The molecule has 78 valence electrons. The average Bonchev–Trinajstić information content (AvgIpc) is 2.77. The second-order valence-corrected chi connectivity index (χ2v) is 6.00. The van der Waals surface area contributed by atoms with Crippen LogP contribution in [0.25, 0.3) is 0 Å². The third-order valence-electron chi connectivity index (χ3n) is 3.17. The van der Waals surface area contributed by atoms with Gasteiger partial charge in [0.2, 0.25) is 0 Å². The average molecular weight is 274 g/mol. The molecular weight excluding hydrogens is 258 g/mol. The molecule has 1 fully saturated rings. The van der Waals surface area contributed by atoms with Crippen molar-refractivity contribution >= 4 is 27.3 Å². The zero-order chi connectivity index (χ0) is 10.0. The Labute approximate surface area is 98.1 Å². The van der Waals surface area contributed by atoms with Crippen molar-refractivity contribution in [1.82, 2.24) is 4.98 Å². The highest BCUT2D eigenvalue weighted by Crippen LogP contribution is 2.42. The molecule has 1 saturated carbocycles. The molecule has 0 N–H and O–H groups in total. The van der Waals surface area contributed by atoms with Gasteiger partial charge in [-0.3, -0.25) is 0 Å². The lowest BCUT2D eigenvalue weighted by atomic mass is 9.84. The van der Waals surface area contributed by atoms with E-state index in [4.69, 9.17) is 0 Å². The van der Waals surface area contributed by atoms with Crippen molar-refractivity contribution in [3.8, 4) is 0 Å². The number of nitrogens with zero attached hydrogens (tertiary/aromatic N) is 1. The van der Waals surface area contributed by atoms with E-state index in [9.17, 15) is 0 Å². The van der Waals surface area contributed by atoms with Crippen LogP contribution in [0.3, 0.4) is 0 Å². The Bertz CT molecular complexity index is 302. The molecule has 0 bridgehead atoms. The zero-order valence-electron chi connectivity index (χ0n) is 8.55. The van der Waals surface area contributed by atoms with Crippen LogP contribution in [-0.4, -0.2) is 10.3 Å². The Balaban J connectivity index is 2.08. The zero-order valence-corrected chi connectivity index (χ0v) is 11.0. The monoisotopic (exact) mass is 273 g/mol. The Morgan fingerprint density at radius 2 is 2.21 bits per heavy atom. The molecule has 1 aliphatic carbocycles. The molecule has 0 aromatic carbocycles. The number of rotatable bonds is 3. The van der Waals surface area contributed by atoms with Crippen molar-refractivity contribution in [2.45, 2.75) is 39.0 Å². The highest BCUT2D eigenvalue weighted by atomic mass is 79.9. The van der Waals surface area contributed by atoms with Crippen molar-refractivity contribution < 1.29 is 0 Å². The molecule has 0 amide bonds. The molecule has 0 radical (unpaired) electrons. The topological polar surface area (TPSA) is 12.9 Å². The summed E-state index contributed by atoms with van der Waals surface area (Å²) in [6.07, 6.45) is 6.70. The van der Waals surface area contributed by atoms with Crippen LogP contribution in [0.5, 0.6) is 0 Å². The van der Waals surface area contributed by atoms with Crippen LogP contribution in [0.4, 0.5) is 0 Å². The van der Waals surface area contributed by atoms with Crippen molar-refractivity contribution in [3.63, 3.8) is 0 Å². The fourth-order valence-electron chi connectivity index (χ4n) is 2.36. The van der Waals surface area contributed by atoms with Gasteiger partial charge in [0.05, 0.1) is 10.7 Å². The SMILES string of the molecule is Cc1nc(CC2(CBr)CCCC2)cs1. The fourth-order valence-corrected chi connectivity index (χ4v) is 3.73. The van der Waals surface area contributed by atoms with Gasteiger partial charge in [-0.05, 0) is 31.6 Å². The van der Waals surface area contributed by atoms with Crippen molar-refractivity contribution in [2.24, 2.45) is 5.41 Å². The first-order valence-electron chi connectivity index (χ1n) is 5.21. The van der Waals surface area contributed by atoms with E-state index >= 15 is 0 Å². The first kappa shape index (κ1) is 10.6. The highest BCUT2D eigenvalue weighted by molar-refractivity contribution is 9.09. The molecule has 0 spiro atoms. The maximum Gasteiger partial charge on any atom is 0.0897 e. The number of hydrogen-bond donors (Lipinski definition) is 0. The molecule has 1 nitrogen and oxygen atoms in total. The van der Waals surface area contributed by atoms with Gasteiger partial charge in [-0.25, -0.2) is 4.98 Å². The molecule has 14 heavy (non-hydrogen) atoms. The summed E-state index contributed by atoms with van der Waals surface area (Å²) in [7, 11) is 0. The number of halogens is 1. The standard InChI is InChI=1S/C11H16BrNS/c1-9-13-10(7-14-9)6-11(8-12)4-2-3-5-11/h7H,2-6,8H2,1H3. The van der Waals surface area contributed by atoms with Crippen molar-refractivity contribution in [3.05, 3.63) is 16.1 Å². The summed E-state index contributed by atoms with van der Waals surface area (Å²) in [5.74, 6) is 0. The molecule has 1 heterocycles. The van der Waals surface area contributed by atoms with E-state index < -0.39 is 0 Å². The van der Waals surface area contributed by atoms with Gasteiger partial charge in [0.25, 0.3) is 0 Å². The van der Waals surface area contributed by atoms with Crippen molar-refractivity contribution in [1.29, 1.82) is 0 Å². The third-order valence-corrected chi connectivity index (χ3v) is 5.18. The van der Waals surface area contributed by atoms with Crippen LogP contribution in [0, 0.1) is 12.3 Å². The van der Waals surface area contributed by atoms with E-state index in [2.05, 4.69) is 33.2 Å². The van der Waals surface area contributed by atoms with E-state index in [0.717, 1.165) is 5.33 Å². The largest absolute Gasteiger partial charge is 0.247 e. The molecule has 1 aromatic heterocycles. The Kier molecular flexibility index (Phi) is 3.27. The van der Waals surface area contributed by atoms with Gasteiger partial charge in [-0.15, -0.1) is 11.3 Å². The van der Waals surface area contributed by atoms with E-state index in [-0.39, 0.29) is 0 Å². The molecule has 3 heteroatoms. The minimum absolute atomic E-state index is 0.514. The predicted molar refractivity (Wildman–Crippen MR) is 65.3 cm³/mol. The second kappa shape index (κ2) is 4.31. The number of aromatic nitrogens is 1. The Morgan fingerprint density at radius 1 is 1.50 bits per heavy atom. The lowest BCUT2D eigenvalue weighted by Gasteiger charge is -2.25. The summed E-state index contributed by atoms with van der Waals surface area (Å²) >= 11 is 5.44. The Morgan fingerprint density at radius 3 is 2.71 bits per heavy atom. The predicted octanol–water partition coefficient (Wildman–Crippen LogP) is 3.95. The van der Waals surface area contributed by atoms with E-state index in [1.165, 1.54) is 42.8 Å². The minimum atomic E-state index is 0.514. The molecular formula is C11H16BrNS. The summed E-state index contributed by atoms with van der Waals surface area (Å²) in [6, 6.07) is 0. The summed E-state index contributed by atoms with van der Waals surface area (Å²) in [4.78, 5) is 4.56. The molecule has 1 aliphatic rings. The van der Waals surface area contributed by atoms with E-state index in [0.29, 0.717) is 5.41 Å². The normalized spacial score (nSPS) is 20.1. The van der Waals surface area contributed by atoms with Crippen LogP contribution < -0.4 is 0 Å². The summed E-state index contributed by atoms with van der Waals surface area (Å²) in [5, 5.41) is 4.55. The quantitative estimate of drug-likeness (QED) is 0.760. The molecule has 0 saturated heterocycles. The van der Waals surface area contributed by atoms with Gasteiger partial charge >= 0.3 is 0 Å². The number of thiazole rings is 1. The summed E-state index contributed by atoms with van der Waals surface area (Å²) < 4.78 is 0. The number of hydrogen-bond acceptors (Lipinski definition) is 2. The van der Waals surface area contributed by atoms with Gasteiger partial charge in [-0.2, -0.15) is 0 Å². The molecule has 0 unspecified atom stereocenters. The van der Waals surface area contributed by atoms with Crippen molar-refractivity contribution in [2.75, 3.05) is 5.33 Å². The number of alkyl halides is 1. The van der Waals surface area contributed by atoms with Crippen LogP contribution in [0.2, 0.25) is 0 Å². The van der Waals surface area contributed by atoms with Crippen LogP contribution >= 0.6 is 27.3 Å². The second-order valence-electron chi connectivity index (χ2n) is 4.38. The summed E-state index contributed by atoms with van der Waals surface area (Å²) in [5.41, 5.74) is 1.81. The maximum atomic E-state index is 4.56. The van der Waals surface area contributed by atoms with Gasteiger partial charge in [0.15, 0.2) is 0 Å². The van der Waals surface area contributed by atoms with Gasteiger partial charge < -0.3 is 0 Å². The summed E-state index contributed by atoms with van der Waals surface area (Å²) in [6.45, 7) is 2.09. The van der Waals surface area contributed by atoms with Gasteiger partial charge in [0.1, 0.15) is 0 Å². The lowest BCUT2D eigenvalue weighted by molar-refractivity contribution is 0.343. The first-order valence-corrected chi connectivity index (χ1v) is 7.21. The van der Waals surface area contributed by atoms with Crippen LogP contribution in [0.1, 0.15) is 36.4 Å².